The first-order chi connectivity index (χ1) is 7.74. The highest BCUT2D eigenvalue weighted by Crippen LogP contribution is 2.10. The molecule has 0 spiro atoms. The van der Waals surface area contributed by atoms with Gasteiger partial charge in [-0.1, -0.05) is 36.9 Å². The van der Waals surface area contributed by atoms with Crippen LogP contribution in [0.4, 0.5) is 0 Å². The standard InChI is InChI=1S/C14H21NO/c1-12(14-7-5-4-6-8-14)11-15-13(2)9-10-16-3/h4-8,13,15H,1,9-11H2,2-3H3. The van der Waals surface area contributed by atoms with Gasteiger partial charge in [0.2, 0.25) is 0 Å². The Morgan fingerprint density at radius 2 is 2.06 bits per heavy atom. The highest BCUT2D eigenvalue weighted by Gasteiger charge is 2.02. The molecule has 0 aliphatic rings. The molecule has 88 valence electrons. The fraction of sp³-hybridized carbons (Fsp3) is 0.429. The summed E-state index contributed by atoms with van der Waals surface area (Å²) in [6, 6.07) is 10.7. The molecule has 1 aromatic rings. The molecule has 0 amide bonds. The third-order valence-electron chi connectivity index (χ3n) is 2.60. The monoisotopic (exact) mass is 219 g/mol. The van der Waals surface area contributed by atoms with Crippen molar-refractivity contribution in [2.75, 3.05) is 20.3 Å². The van der Waals surface area contributed by atoms with Crippen molar-refractivity contribution in [3.05, 3.63) is 42.5 Å². The zero-order chi connectivity index (χ0) is 11.8. The molecule has 0 aromatic heterocycles. The van der Waals surface area contributed by atoms with Crippen LogP contribution in [-0.2, 0) is 4.74 Å². The van der Waals surface area contributed by atoms with E-state index in [1.807, 2.05) is 18.2 Å². The van der Waals surface area contributed by atoms with E-state index in [1.54, 1.807) is 7.11 Å². The molecular weight excluding hydrogens is 198 g/mol. The molecule has 1 rings (SSSR count). The maximum absolute atomic E-state index is 5.04. The van der Waals surface area contributed by atoms with Crippen molar-refractivity contribution in [1.29, 1.82) is 0 Å². The molecule has 0 aliphatic heterocycles. The lowest BCUT2D eigenvalue weighted by Crippen LogP contribution is -2.28. The summed E-state index contributed by atoms with van der Waals surface area (Å²) >= 11 is 0. The Labute approximate surface area is 98.3 Å². The van der Waals surface area contributed by atoms with E-state index in [2.05, 4.69) is 31.0 Å². The van der Waals surface area contributed by atoms with Gasteiger partial charge in [-0.25, -0.2) is 0 Å². The fourth-order valence-electron chi connectivity index (χ4n) is 1.47. The van der Waals surface area contributed by atoms with E-state index in [1.165, 1.54) is 5.56 Å². The van der Waals surface area contributed by atoms with E-state index < -0.39 is 0 Å². The summed E-state index contributed by atoms with van der Waals surface area (Å²) in [6.07, 6.45) is 1.03. The molecule has 2 heteroatoms. The predicted octanol–water partition coefficient (Wildman–Crippen LogP) is 2.71. The summed E-state index contributed by atoms with van der Waals surface area (Å²) in [7, 11) is 1.73. The topological polar surface area (TPSA) is 21.3 Å². The molecule has 0 aliphatic carbocycles. The Bertz CT molecular complexity index is 308. The van der Waals surface area contributed by atoms with Crippen LogP contribution in [-0.4, -0.2) is 26.3 Å². The first-order valence-electron chi connectivity index (χ1n) is 5.69. The fourth-order valence-corrected chi connectivity index (χ4v) is 1.47. The minimum atomic E-state index is 0.459. The van der Waals surface area contributed by atoms with Crippen molar-refractivity contribution in [3.63, 3.8) is 0 Å². The number of nitrogens with one attached hydrogen (secondary N) is 1. The van der Waals surface area contributed by atoms with Gasteiger partial charge in [0.1, 0.15) is 0 Å². The lowest BCUT2D eigenvalue weighted by molar-refractivity contribution is 0.185. The van der Waals surface area contributed by atoms with Crippen molar-refractivity contribution in [2.24, 2.45) is 0 Å². The second kappa shape index (κ2) is 7.20. The van der Waals surface area contributed by atoms with Crippen LogP contribution in [0.5, 0.6) is 0 Å². The molecule has 1 N–H and O–H groups in total. The normalized spacial score (nSPS) is 12.4. The predicted molar refractivity (Wildman–Crippen MR) is 69.4 cm³/mol. The van der Waals surface area contributed by atoms with E-state index in [-0.39, 0.29) is 0 Å². The molecular formula is C14H21NO. The highest BCUT2D eigenvalue weighted by atomic mass is 16.5. The Kier molecular flexibility index (Phi) is 5.83. The molecule has 0 saturated carbocycles. The lowest BCUT2D eigenvalue weighted by Gasteiger charge is -2.14. The molecule has 1 unspecified atom stereocenters. The van der Waals surface area contributed by atoms with Crippen molar-refractivity contribution in [3.8, 4) is 0 Å². The van der Waals surface area contributed by atoms with Crippen LogP contribution in [0.2, 0.25) is 0 Å². The summed E-state index contributed by atoms with van der Waals surface area (Å²) < 4.78 is 5.04. The van der Waals surface area contributed by atoms with Gasteiger partial charge in [-0.05, 0) is 24.5 Å². The zero-order valence-electron chi connectivity index (χ0n) is 10.2. The molecule has 2 nitrogen and oxygen atoms in total. The van der Waals surface area contributed by atoms with Crippen molar-refractivity contribution in [2.45, 2.75) is 19.4 Å². The Hall–Kier alpha value is -1.12. The molecule has 0 heterocycles. The summed E-state index contributed by atoms with van der Waals surface area (Å²) in [6.45, 7) is 7.87. The second-order valence-corrected chi connectivity index (χ2v) is 4.03. The quantitative estimate of drug-likeness (QED) is 0.761. The Balaban J connectivity index is 2.30. The van der Waals surface area contributed by atoms with Gasteiger partial charge in [-0.3, -0.25) is 0 Å². The lowest BCUT2D eigenvalue weighted by atomic mass is 10.1. The molecule has 0 saturated heterocycles. The third kappa shape index (κ3) is 4.60. The number of benzene rings is 1. The molecule has 0 radical (unpaired) electrons. The third-order valence-corrected chi connectivity index (χ3v) is 2.60. The molecule has 1 aromatic carbocycles. The van der Waals surface area contributed by atoms with Gasteiger partial charge >= 0.3 is 0 Å². The first kappa shape index (κ1) is 12.9. The van der Waals surface area contributed by atoms with E-state index in [0.717, 1.165) is 25.1 Å². The van der Waals surface area contributed by atoms with Gasteiger partial charge in [0.05, 0.1) is 0 Å². The maximum atomic E-state index is 5.04. The van der Waals surface area contributed by atoms with Gasteiger partial charge in [-0.2, -0.15) is 0 Å². The van der Waals surface area contributed by atoms with E-state index in [0.29, 0.717) is 6.04 Å². The van der Waals surface area contributed by atoms with Crippen LogP contribution < -0.4 is 5.32 Å². The largest absolute Gasteiger partial charge is 0.385 e. The van der Waals surface area contributed by atoms with Crippen LogP contribution in [0.1, 0.15) is 18.9 Å². The van der Waals surface area contributed by atoms with Crippen LogP contribution >= 0.6 is 0 Å². The summed E-state index contributed by atoms with van der Waals surface area (Å²) in [5, 5.41) is 3.44. The average Bonchev–Trinajstić information content (AvgIpc) is 2.34. The number of ether oxygens (including phenoxy) is 1. The van der Waals surface area contributed by atoms with Crippen LogP contribution in [0.25, 0.3) is 5.57 Å². The van der Waals surface area contributed by atoms with E-state index in [9.17, 15) is 0 Å². The van der Waals surface area contributed by atoms with Crippen LogP contribution in [0.3, 0.4) is 0 Å². The smallest absolute Gasteiger partial charge is 0.0476 e. The number of hydrogen-bond donors (Lipinski definition) is 1. The Morgan fingerprint density at radius 3 is 2.69 bits per heavy atom. The SMILES string of the molecule is C=C(CNC(C)CCOC)c1ccccc1. The van der Waals surface area contributed by atoms with Crippen molar-refractivity contribution >= 4 is 5.57 Å². The minimum Gasteiger partial charge on any atom is -0.385 e. The summed E-state index contributed by atoms with van der Waals surface area (Å²) in [5.74, 6) is 0. The summed E-state index contributed by atoms with van der Waals surface area (Å²) in [5.41, 5.74) is 2.33. The maximum Gasteiger partial charge on any atom is 0.0476 e. The second-order valence-electron chi connectivity index (χ2n) is 4.03. The van der Waals surface area contributed by atoms with Gasteiger partial charge in [0.15, 0.2) is 0 Å². The average molecular weight is 219 g/mol. The van der Waals surface area contributed by atoms with Gasteiger partial charge in [0, 0.05) is 26.3 Å². The van der Waals surface area contributed by atoms with Crippen molar-refractivity contribution < 1.29 is 4.74 Å². The van der Waals surface area contributed by atoms with E-state index >= 15 is 0 Å². The Morgan fingerprint density at radius 1 is 1.38 bits per heavy atom. The van der Waals surface area contributed by atoms with Crippen LogP contribution in [0, 0.1) is 0 Å². The first-order valence-corrected chi connectivity index (χ1v) is 5.69. The molecule has 16 heavy (non-hydrogen) atoms. The summed E-state index contributed by atoms with van der Waals surface area (Å²) in [4.78, 5) is 0. The molecule has 1 atom stereocenters. The van der Waals surface area contributed by atoms with Gasteiger partial charge in [-0.15, -0.1) is 0 Å². The zero-order valence-corrected chi connectivity index (χ0v) is 10.2. The van der Waals surface area contributed by atoms with Gasteiger partial charge < -0.3 is 10.1 Å². The highest BCUT2D eigenvalue weighted by molar-refractivity contribution is 5.64. The number of rotatable bonds is 7. The molecule has 0 bridgehead atoms. The van der Waals surface area contributed by atoms with Crippen LogP contribution in [0.15, 0.2) is 36.9 Å². The van der Waals surface area contributed by atoms with Crippen molar-refractivity contribution in [1.82, 2.24) is 5.32 Å². The molecule has 0 fully saturated rings. The van der Waals surface area contributed by atoms with E-state index in [4.69, 9.17) is 4.74 Å². The number of hydrogen-bond acceptors (Lipinski definition) is 2. The number of methoxy groups -OCH3 is 1. The van der Waals surface area contributed by atoms with Gasteiger partial charge in [0.25, 0.3) is 0 Å². The minimum absolute atomic E-state index is 0.459.